The lowest BCUT2D eigenvalue weighted by atomic mass is 9.86. The second-order valence-electron chi connectivity index (χ2n) is 17.2. The number of amides is 4. The fourth-order valence-corrected chi connectivity index (χ4v) is 9.63. The predicted molar refractivity (Wildman–Crippen MR) is 209 cm³/mol. The number of nitrogens with one attached hydrogen (secondary N) is 3. The molecule has 0 radical (unpaired) electrons. The van der Waals surface area contributed by atoms with Gasteiger partial charge in [0.05, 0.1) is 29.6 Å². The van der Waals surface area contributed by atoms with Crippen molar-refractivity contribution in [2.45, 2.75) is 139 Å². The van der Waals surface area contributed by atoms with Gasteiger partial charge in [-0.3, -0.25) is 19.1 Å². The number of carbonyl (C=O) groups excluding carboxylic acids is 4. The monoisotopic (exact) mass is 811 g/mol. The standard InChI is InChI=1S/C41H54FN5O9S/c1-23(2)25(4)55-38(51)44-31-13-11-9-7-8-10-12-26-19-41(26,37(50)46-57(52,53)39(5)16-17-39)45-35(48)32-21-40(22-47(32)36(31)49)20-29(42)33-28-18-27(54-6)14-15-30(28)43-24(3)34(33)56-40/h10,12,14-15,18,23,25-26,29,31-32H,7-9,11,13,16-17,19-22H2,1-6H3,(H,44,51)(H,45,48)(H,46,50)/b12-10-/t25?,26-,29-,31+,32+,40-,41-/m1/s1. The van der Waals surface area contributed by atoms with Crippen molar-refractivity contribution >= 4 is 44.7 Å². The first kappa shape index (κ1) is 40.7. The maximum absolute atomic E-state index is 16.8. The molecular formula is C41H54FN5O9S. The van der Waals surface area contributed by atoms with Gasteiger partial charge in [0.25, 0.3) is 5.91 Å². The third kappa shape index (κ3) is 7.77. The summed E-state index contributed by atoms with van der Waals surface area (Å²) in [6.07, 6.45) is 4.57. The minimum atomic E-state index is -4.04. The molecule has 3 aliphatic heterocycles. The van der Waals surface area contributed by atoms with Gasteiger partial charge in [-0.25, -0.2) is 22.6 Å². The van der Waals surface area contributed by atoms with Crippen LogP contribution in [0, 0.1) is 18.8 Å². The summed E-state index contributed by atoms with van der Waals surface area (Å²) < 4.78 is 62.1. The van der Waals surface area contributed by atoms with E-state index in [0.29, 0.717) is 53.6 Å². The Morgan fingerprint density at radius 1 is 1.11 bits per heavy atom. The molecule has 16 heteroatoms. The topological polar surface area (TPSA) is 182 Å². The van der Waals surface area contributed by atoms with E-state index in [1.165, 1.54) is 12.0 Å². The molecule has 2 aromatic rings. The number of rotatable bonds is 7. The van der Waals surface area contributed by atoms with Crippen LogP contribution in [0.25, 0.3) is 10.9 Å². The van der Waals surface area contributed by atoms with Crippen LogP contribution in [0.3, 0.4) is 0 Å². The number of halogens is 1. The fraction of sp³-hybridized carbons (Fsp3) is 0.634. The summed E-state index contributed by atoms with van der Waals surface area (Å²) in [7, 11) is -2.52. The highest BCUT2D eigenvalue weighted by Gasteiger charge is 2.64. The van der Waals surface area contributed by atoms with E-state index in [2.05, 4.69) is 20.3 Å². The Bertz CT molecular complexity index is 2110. The van der Waals surface area contributed by atoms with Gasteiger partial charge in [-0.2, -0.15) is 0 Å². The van der Waals surface area contributed by atoms with Crippen molar-refractivity contribution in [2.24, 2.45) is 11.8 Å². The summed E-state index contributed by atoms with van der Waals surface area (Å²) in [6.45, 7) is 8.65. The number of pyridine rings is 1. The number of ether oxygens (including phenoxy) is 3. The molecule has 1 spiro atoms. The molecule has 1 aromatic carbocycles. The SMILES string of the molecule is COc1ccc2nc(C)c3c(c2c1)[C@H](F)C[C@]1(C[C@H]2C(=O)N[C@]4(C(=O)NS(=O)(=O)C5(C)CC5)C[C@H]4/C=C\CCCCC[C@H](NC(=O)OC(C)C(C)C)C(=O)N2C1)O3. The molecule has 1 saturated heterocycles. The fourth-order valence-electron chi connectivity index (χ4n) is 8.32. The minimum Gasteiger partial charge on any atom is -0.497 e. The molecule has 2 aliphatic carbocycles. The molecule has 7 rings (SSSR count). The van der Waals surface area contributed by atoms with Gasteiger partial charge >= 0.3 is 6.09 Å². The van der Waals surface area contributed by atoms with E-state index in [1.54, 1.807) is 39.0 Å². The molecule has 4 amide bonds. The number of nitrogens with zero attached hydrogens (tertiary/aromatic N) is 2. The number of allylic oxidation sites excluding steroid dienone is 1. The van der Waals surface area contributed by atoms with Crippen molar-refractivity contribution in [2.75, 3.05) is 13.7 Å². The zero-order chi connectivity index (χ0) is 41.1. The van der Waals surface area contributed by atoms with Crippen molar-refractivity contribution in [1.82, 2.24) is 25.2 Å². The van der Waals surface area contributed by atoms with E-state index in [1.807, 2.05) is 26.0 Å². The number of alkyl carbamates (subject to hydrolysis) is 1. The zero-order valence-corrected chi connectivity index (χ0v) is 34.3. The number of benzene rings is 1. The largest absolute Gasteiger partial charge is 0.497 e. The van der Waals surface area contributed by atoms with Crippen molar-refractivity contribution in [3.05, 3.63) is 41.6 Å². The Kier molecular flexibility index (Phi) is 10.7. The lowest BCUT2D eigenvalue weighted by Gasteiger charge is -2.38. The number of hydrogen-bond acceptors (Lipinski definition) is 10. The van der Waals surface area contributed by atoms with Gasteiger partial charge in [-0.15, -0.1) is 0 Å². The smallest absolute Gasteiger partial charge is 0.408 e. The zero-order valence-electron chi connectivity index (χ0n) is 33.5. The summed E-state index contributed by atoms with van der Waals surface area (Å²) >= 11 is 0. The average Bonchev–Trinajstić information content (AvgIpc) is 4.04. The van der Waals surface area contributed by atoms with Gasteiger partial charge in [-0.05, 0) is 83.4 Å². The lowest BCUT2D eigenvalue weighted by molar-refractivity contribution is -0.141. The van der Waals surface area contributed by atoms with Gasteiger partial charge in [0.2, 0.25) is 21.8 Å². The van der Waals surface area contributed by atoms with Crippen LogP contribution in [0.15, 0.2) is 30.4 Å². The number of sulfonamides is 1. The summed E-state index contributed by atoms with van der Waals surface area (Å²) in [6, 6.07) is 2.83. The van der Waals surface area contributed by atoms with Crippen molar-refractivity contribution < 1.29 is 46.2 Å². The Morgan fingerprint density at radius 3 is 2.56 bits per heavy atom. The Hall–Kier alpha value is -4.47. The van der Waals surface area contributed by atoms with E-state index in [9.17, 15) is 27.6 Å². The van der Waals surface area contributed by atoms with Crippen LogP contribution in [-0.2, 0) is 29.1 Å². The van der Waals surface area contributed by atoms with Gasteiger partial charge in [0.15, 0.2) is 0 Å². The molecule has 1 aromatic heterocycles. The first-order chi connectivity index (χ1) is 26.9. The average molecular weight is 812 g/mol. The van der Waals surface area contributed by atoms with E-state index in [4.69, 9.17) is 14.2 Å². The number of methoxy groups -OCH3 is 1. The summed E-state index contributed by atoms with van der Waals surface area (Å²) in [5, 5.41) is 6.14. The molecular weight excluding hydrogens is 758 g/mol. The van der Waals surface area contributed by atoms with Crippen molar-refractivity contribution in [3.63, 3.8) is 0 Å². The molecule has 310 valence electrons. The van der Waals surface area contributed by atoms with Crippen LogP contribution in [0.5, 0.6) is 11.5 Å². The lowest BCUT2D eigenvalue weighted by Crippen LogP contribution is -2.58. The number of aromatic nitrogens is 1. The van der Waals surface area contributed by atoms with E-state index in [0.717, 1.165) is 12.8 Å². The first-order valence-electron chi connectivity index (χ1n) is 20.1. The number of carbonyl (C=O) groups is 4. The molecule has 3 fully saturated rings. The normalized spacial score (nSPS) is 30.7. The van der Waals surface area contributed by atoms with Crippen LogP contribution >= 0.6 is 0 Å². The Balaban J connectivity index is 1.25. The highest BCUT2D eigenvalue weighted by molar-refractivity contribution is 7.91. The number of fused-ring (bicyclic) bond motifs is 5. The van der Waals surface area contributed by atoms with Crippen LogP contribution in [-0.4, -0.2) is 89.8 Å². The highest BCUT2D eigenvalue weighted by Crippen LogP contribution is 2.52. The van der Waals surface area contributed by atoms with Gasteiger partial charge < -0.3 is 29.7 Å². The molecule has 2 saturated carbocycles. The second kappa shape index (κ2) is 15.0. The summed E-state index contributed by atoms with van der Waals surface area (Å²) in [4.78, 5) is 62.6. The molecule has 7 atom stereocenters. The number of aryl methyl sites for hydroxylation is 1. The molecule has 57 heavy (non-hydrogen) atoms. The van der Waals surface area contributed by atoms with Crippen molar-refractivity contribution in [3.8, 4) is 11.5 Å². The van der Waals surface area contributed by atoms with Gasteiger partial charge in [0, 0.05) is 29.7 Å². The third-order valence-corrected chi connectivity index (χ3v) is 14.8. The maximum Gasteiger partial charge on any atom is 0.408 e. The molecule has 14 nitrogen and oxygen atoms in total. The Labute approximate surface area is 333 Å². The summed E-state index contributed by atoms with van der Waals surface area (Å²) in [5.41, 5.74) is -1.69. The molecule has 5 aliphatic rings. The molecule has 3 N–H and O–H groups in total. The van der Waals surface area contributed by atoms with E-state index in [-0.39, 0.29) is 43.9 Å². The van der Waals surface area contributed by atoms with Gasteiger partial charge in [0.1, 0.15) is 47.0 Å². The second-order valence-corrected chi connectivity index (χ2v) is 19.4. The van der Waals surface area contributed by atoms with E-state index >= 15 is 4.39 Å². The first-order valence-corrected chi connectivity index (χ1v) is 21.5. The Morgan fingerprint density at radius 2 is 1.86 bits per heavy atom. The molecule has 0 bridgehead atoms. The quantitative estimate of drug-likeness (QED) is 0.314. The van der Waals surface area contributed by atoms with Gasteiger partial charge in [-0.1, -0.05) is 38.8 Å². The van der Waals surface area contributed by atoms with Crippen LogP contribution in [0.1, 0.15) is 109 Å². The van der Waals surface area contributed by atoms with Crippen LogP contribution in [0.4, 0.5) is 9.18 Å². The molecule has 1 unspecified atom stereocenters. The van der Waals surface area contributed by atoms with Crippen LogP contribution in [0.2, 0.25) is 0 Å². The number of alkyl halides is 1. The van der Waals surface area contributed by atoms with Crippen molar-refractivity contribution in [1.29, 1.82) is 0 Å². The predicted octanol–water partition coefficient (Wildman–Crippen LogP) is 5.22. The van der Waals surface area contributed by atoms with E-state index < -0.39 is 80.0 Å². The molecule has 4 heterocycles. The summed E-state index contributed by atoms with van der Waals surface area (Å²) in [5.74, 6) is -1.87. The van der Waals surface area contributed by atoms with Crippen LogP contribution < -0.4 is 24.8 Å². The third-order valence-electron chi connectivity index (χ3n) is 12.7. The highest BCUT2D eigenvalue weighted by atomic mass is 32.2. The minimum absolute atomic E-state index is 0.0213. The number of hydrogen-bond donors (Lipinski definition) is 3. The maximum atomic E-state index is 16.8.